The number of benzene rings is 1. The predicted octanol–water partition coefficient (Wildman–Crippen LogP) is 4.19. The first-order chi connectivity index (χ1) is 9.09. The zero-order valence-electron chi connectivity index (χ0n) is 11.7. The molecule has 1 saturated heterocycles. The van der Waals surface area contributed by atoms with E-state index in [-0.39, 0.29) is 12.2 Å². The molecule has 1 heterocycles. The van der Waals surface area contributed by atoms with Gasteiger partial charge in [0.1, 0.15) is 0 Å². The number of hydrogen-bond acceptors (Lipinski definition) is 2. The molecule has 2 heteroatoms. The Balaban J connectivity index is 2.03. The van der Waals surface area contributed by atoms with E-state index in [9.17, 15) is 0 Å². The van der Waals surface area contributed by atoms with Gasteiger partial charge < -0.3 is 9.47 Å². The Bertz CT molecular complexity index is 434. The Hall–Kier alpha value is -1.38. The molecule has 1 fully saturated rings. The van der Waals surface area contributed by atoms with Crippen LogP contribution in [0.2, 0.25) is 0 Å². The van der Waals surface area contributed by atoms with E-state index in [0.29, 0.717) is 0 Å². The molecular weight excluding hydrogens is 236 g/mol. The standard InChI is InChI=1S/C17H22O2/c1-4-8-15-13-16(19-17(2,3)18-15)12-11-14-9-6-5-7-10-14/h4-7,9-12,15-16H,1,8,13H2,2-3H3/b12-11+/t15-,16-/m0/s1. The summed E-state index contributed by atoms with van der Waals surface area (Å²) < 4.78 is 11.8. The fraction of sp³-hybridized carbons (Fsp3) is 0.412. The number of ether oxygens (including phenoxy) is 2. The van der Waals surface area contributed by atoms with E-state index < -0.39 is 5.79 Å². The van der Waals surface area contributed by atoms with E-state index in [2.05, 4.69) is 30.9 Å². The smallest absolute Gasteiger partial charge is 0.163 e. The molecule has 19 heavy (non-hydrogen) atoms. The molecule has 0 spiro atoms. The van der Waals surface area contributed by atoms with E-state index in [4.69, 9.17) is 9.47 Å². The second kappa shape index (κ2) is 6.18. The van der Waals surface area contributed by atoms with Gasteiger partial charge in [0, 0.05) is 6.42 Å². The molecule has 0 bridgehead atoms. The SMILES string of the molecule is C=CC[C@H]1C[C@H](/C=C/c2ccccc2)OC(C)(C)O1. The Morgan fingerprint density at radius 1 is 1.26 bits per heavy atom. The van der Waals surface area contributed by atoms with Crippen LogP contribution in [0.15, 0.2) is 49.1 Å². The molecule has 1 aromatic carbocycles. The fourth-order valence-corrected chi connectivity index (χ4v) is 2.38. The summed E-state index contributed by atoms with van der Waals surface area (Å²) >= 11 is 0. The lowest BCUT2D eigenvalue weighted by Crippen LogP contribution is -2.43. The molecule has 0 amide bonds. The zero-order chi connectivity index (χ0) is 13.7. The minimum absolute atomic E-state index is 0.0916. The summed E-state index contributed by atoms with van der Waals surface area (Å²) in [5.41, 5.74) is 1.19. The Morgan fingerprint density at radius 3 is 2.68 bits per heavy atom. The third-order valence-corrected chi connectivity index (χ3v) is 3.11. The third-order valence-electron chi connectivity index (χ3n) is 3.11. The minimum Gasteiger partial charge on any atom is -0.347 e. The molecule has 1 aliphatic heterocycles. The molecule has 2 rings (SSSR count). The van der Waals surface area contributed by atoms with Crippen LogP contribution in [0.1, 0.15) is 32.3 Å². The van der Waals surface area contributed by atoms with Gasteiger partial charge in [-0.2, -0.15) is 0 Å². The Labute approximate surface area is 115 Å². The summed E-state index contributed by atoms with van der Waals surface area (Å²) in [4.78, 5) is 0. The molecule has 0 radical (unpaired) electrons. The van der Waals surface area contributed by atoms with Crippen LogP contribution >= 0.6 is 0 Å². The molecule has 102 valence electrons. The highest BCUT2D eigenvalue weighted by molar-refractivity contribution is 5.49. The molecule has 1 aromatic rings. The molecule has 2 nitrogen and oxygen atoms in total. The van der Waals surface area contributed by atoms with Crippen LogP contribution in [0, 0.1) is 0 Å². The highest BCUT2D eigenvalue weighted by atomic mass is 16.7. The van der Waals surface area contributed by atoms with Crippen LogP contribution in [-0.2, 0) is 9.47 Å². The van der Waals surface area contributed by atoms with Gasteiger partial charge in [0.25, 0.3) is 0 Å². The van der Waals surface area contributed by atoms with Crippen molar-refractivity contribution in [3.8, 4) is 0 Å². The summed E-state index contributed by atoms with van der Waals surface area (Å²) in [6.07, 6.45) is 8.15. The predicted molar refractivity (Wildman–Crippen MR) is 78.7 cm³/mol. The Kier molecular flexibility index (Phi) is 4.56. The average molecular weight is 258 g/mol. The van der Waals surface area contributed by atoms with Crippen molar-refractivity contribution in [1.29, 1.82) is 0 Å². The third kappa shape index (κ3) is 4.34. The second-order valence-electron chi connectivity index (χ2n) is 5.33. The van der Waals surface area contributed by atoms with Gasteiger partial charge in [-0.3, -0.25) is 0 Å². The van der Waals surface area contributed by atoms with Crippen LogP contribution in [-0.4, -0.2) is 18.0 Å². The van der Waals surface area contributed by atoms with Gasteiger partial charge in [0.05, 0.1) is 12.2 Å². The maximum atomic E-state index is 5.93. The molecule has 0 N–H and O–H groups in total. The molecule has 0 aromatic heterocycles. The van der Waals surface area contributed by atoms with Gasteiger partial charge in [-0.15, -0.1) is 6.58 Å². The topological polar surface area (TPSA) is 18.5 Å². The van der Waals surface area contributed by atoms with E-state index in [0.717, 1.165) is 12.8 Å². The van der Waals surface area contributed by atoms with Gasteiger partial charge in [-0.1, -0.05) is 48.6 Å². The van der Waals surface area contributed by atoms with Crippen molar-refractivity contribution in [2.75, 3.05) is 0 Å². The first kappa shape index (κ1) is 14.0. The van der Waals surface area contributed by atoms with Crippen LogP contribution in [0.25, 0.3) is 6.08 Å². The maximum Gasteiger partial charge on any atom is 0.163 e. The van der Waals surface area contributed by atoms with Crippen molar-refractivity contribution in [2.45, 2.75) is 44.7 Å². The first-order valence-electron chi connectivity index (χ1n) is 6.79. The minimum atomic E-state index is -0.530. The van der Waals surface area contributed by atoms with Crippen molar-refractivity contribution < 1.29 is 9.47 Å². The first-order valence-corrected chi connectivity index (χ1v) is 6.79. The summed E-state index contributed by atoms with van der Waals surface area (Å²) in [6, 6.07) is 10.3. The highest BCUT2D eigenvalue weighted by Gasteiger charge is 2.33. The van der Waals surface area contributed by atoms with E-state index in [1.807, 2.05) is 38.1 Å². The lowest BCUT2D eigenvalue weighted by atomic mass is 10.0. The highest BCUT2D eigenvalue weighted by Crippen LogP contribution is 2.29. The summed E-state index contributed by atoms with van der Waals surface area (Å²) in [7, 11) is 0. The summed E-state index contributed by atoms with van der Waals surface area (Å²) in [6.45, 7) is 7.71. The van der Waals surface area contributed by atoms with Crippen LogP contribution in [0.3, 0.4) is 0 Å². The van der Waals surface area contributed by atoms with Gasteiger partial charge in [-0.25, -0.2) is 0 Å². The largest absolute Gasteiger partial charge is 0.347 e. The van der Waals surface area contributed by atoms with Gasteiger partial charge in [-0.05, 0) is 25.8 Å². The summed E-state index contributed by atoms with van der Waals surface area (Å²) in [5, 5.41) is 0. The normalized spacial score (nSPS) is 26.4. The van der Waals surface area contributed by atoms with Crippen LogP contribution < -0.4 is 0 Å². The van der Waals surface area contributed by atoms with Crippen LogP contribution in [0.5, 0.6) is 0 Å². The van der Waals surface area contributed by atoms with Crippen molar-refractivity contribution in [2.24, 2.45) is 0 Å². The van der Waals surface area contributed by atoms with Crippen molar-refractivity contribution in [1.82, 2.24) is 0 Å². The van der Waals surface area contributed by atoms with E-state index in [1.165, 1.54) is 5.56 Å². The maximum absolute atomic E-state index is 5.93. The summed E-state index contributed by atoms with van der Waals surface area (Å²) in [5.74, 6) is -0.530. The zero-order valence-corrected chi connectivity index (χ0v) is 11.7. The van der Waals surface area contributed by atoms with Crippen molar-refractivity contribution in [3.63, 3.8) is 0 Å². The molecular formula is C17H22O2. The van der Waals surface area contributed by atoms with Gasteiger partial charge in [0.15, 0.2) is 5.79 Å². The molecule has 2 atom stereocenters. The quantitative estimate of drug-likeness (QED) is 0.754. The lowest BCUT2D eigenvalue weighted by Gasteiger charge is -2.39. The Morgan fingerprint density at radius 2 is 2.00 bits per heavy atom. The molecule has 0 unspecified atom stereocenters. The lowest BCUT2D eigenvalue weighted by molar-refractivity contribution is -0.289. The molecule has 1 aliphatic rings. The van der Waals surface area contributed by atoms with E-state index >= 15 is 0 Å². The molecule has 0 saturated carbocycles. The monoisotopic (exact) mass is 258 g/mol. The van der Waals surface area contributed by atoms with Crippen molar-refractivity contribution in [3.05, 3.63) is 54.6 Å². The molecule has 0 aliphatic carbocycles. The fourth-order valence-electron chi connectivity index (χ4n) is 2.38. The van der Waals surface area contributed by atoms with Gasteiger partial charge in [0.2, 0.25) is 0 Å². The number of hydrogen-bond donors (Lipinski definition) is 0. The van der Waals surface area contributed by atoms with E-state index in [1.54, 1.807) is 0 Å². The average Bonchev–Trinajstić information content (AvgIpc) is 2.36. The second-order valence-corrected chi connectivity index (χ2v) is 5.33. The van der Waals surface area contributed by atoms with Crippen LogP contribution in [0.4, 0.5) is 0 Å². The van der Waals surface area contributed by atoms with Gasteiger partial charge >= 0.3 is 0 Å². The van der Waals surface area contributed by atoms with Crippen molar-refractivity contribution >= 4 is 6.08 Å². The number of rotatable bonds is 4.